The molecule has 5 aromatic heterocycles. The Hall–Kier alpha value is -4.57. The van der Waals surface area contributed by atoms with Gasteiger partial charge >= 0.3 is 0 Å². The Balaban J connectivity index is 1.41. The van der Waals surface area contributed by atoms with Gasteiger partial charge in [0.2, 0.25) is 0 Å². The number of hydrogen-bond acceptors (Lipinski definition) is 6. The van der Waals surface area contributed by atoms with Crippen molar-refractivity contribution in [2.45, 2.75) is 6.92 Å². The number of nitrogens with zero attached hydrogens (tertiary/aromatic N) is 6. The summed E-state index contributed by atoms with van der Waals surface area (Å²) in [5.41, 5.74) is 6.31. The predicted molar refractivity (Wildman–Crippen MR) is 145 cm³/mol. The Bertz CT molecular complexity index is 1780. The van der Waals surface area contributed by atoms with E-state index in [-0.39, 0.29) is 5.82 Å². The maximum Gasteiger partial charge on any atom is 0.127 e. The second-order valence-electron chi connectivity index (χ2n) is 9.57. The van der Waals surface area contributed by atoms with Crippen molar-refractivity contribution in [3.63, 3.8) is 0 Å². The van der Waals surface area contributed by atoms with Crippen molar-refractivity contribution in [1.82, 2.24) is 39.6 Å². The average molecular weight is 511 g/mol. The van der Waals surface area contributed by atoms with Crippen molar-refractivity contribution in [2.75, 3.05) is 27.2 Å². The predicted octanol–water partition coefficient (Wildman–Crippen LogP) is 4.96. The molecule has 0 bridgehead atoms. The van der Waals surface area contributed by atoms with Gasteiger partial charge in [-0.1, -0.05) is 0 Å². The van der Waals surface area contributed by atoms with E-state index in [1.165, 1.54) is 12.1 Å². The molecule has 0 fully saturated rings. The minimum atomic E-state index is -0.374. The second kappa shape index (κ2) is 9.38. The summed E-state index contributed by atoms with van der Waals surface area (Å²) in [6.07, 6.45) is 5.32. The normalized spacial score (nSPS) is 11.7. The molecular weight excluding hydrogens is 483 g/mol. The first-order valence-corrected chi connectivity index (χ1v) is 12.3. The van der Waals surface area contributed by atoms with Gasteiger partial charge in [-0.05, 0) is 51.4 Å². The number of ether oxygens (including phenoxy) is 1. The van der Waals surface area contributed by atoms with Gasteiger partial charge in [0.1, 0.15) is 29.7 Å². The van der Waals surface area contributed by atoms with E-state index in [4.69, 9.17) is 4.74 Å². The lowest BCUT2D eigenvalue weighted by atomic mass is 10.1. The molecule has 38 heavy (non-hydrogen) atoms. The van der Waals surface area contributed by atoms with Crippen LogP contribution in [-0.4, -0.2) is 66.8 Å². The van der Waals surface area contributed by atoms with E-state index in [0.29, 0.717) is 23.6 Å². The zero-order valence-corrected chi connectivity index (χ0v) is 21.6. The molecule has 0 saturated carbocycles. The van der Waals surface area contributed by atoms with E-state index in [1.54, 1.807) is 12.4 Å². The van der Waals surface area contributed by atoms with E-state index < -0.39 is 0 Å². The lowest BCUT2D eigenvalue weighted by molar-refractivity contribution is 0.260. The van der Waals surface area contributed by atoms with Gasteiger partial charge in [0.25, 0.3) is 0 Å². The lowest BCUT2D eigenvalue weighted by Crippen LogP contribution is -2.19. The first-order chi connectivity index (χ1) is 18.4. The number of benzene rings is 1. The summed E-state index contributed by atoms with van der Waals surface area (Å²) in [5.74, 6) is 1.01. The molecule has 2 N–H and O–H groups in total. The van der Waals surface area contributed by atoms with Crippen LogP contribution in [0.1, 0.15) is 5.82 Å². The summed E-state index contributed by atoms with van der Waals surface area (Å²) in [7, 11) is 5.90. The molecule has 0 aliphatic rings. The van der Waals surface area contributed by atoms with E-state index in [0.717, 1.165) is 57.0 Å². The number of nitrogens with one attached hydrogen (secondary N) is 2. The van der Waals surface area contributed by atoms with Gasteiger partial charge in [0, 0.05) is 47.7 Å². The largest absolute Gasteiger partial charge is 0.492 e. The molecule has 0 radical (unpaired) electrons. The fourth-order valence-electron chi connectivity index (χ4n) is 4.54. The monoisotopic (exact) mass is 510 g/mol. The first-order valence-electron chi connectivity index (χ1n) is 12.3. The topological polar surface area (TPSA) is 101 Å². The Morgan fingerprint density at radius 3 is 2.61 bits per heavy atom. The van der Waals surface area contributed by atoms with Crippen LogP contribution in [0.4, 0.5) is 4.39 Å². The van der Waals surface area contributed by atoms with Crippen LogP contribution < -0.4 is 4.74 Å². The number of halogens is 1. The number of fused-ring (bicyclic) bond motifs is 2. The number of rotatable bonds is 7. The molecule has 0 aliphatic heterocycles. The smallest absolute Gasteiger partial charge is 0.127 e. The molecule has 0 amide bonds. The lowest BCUT2D eigenvalue weighted by Gasteiger charge is -2.12. The fourth-order valence-corrected chi connectivity index (χ4v) is 4.54. The molecular formula is C28H27FN8O. The van der Waals surface area contributed by atoms with Crippen molar-refractivity contribution >= 4 is 21.8 Å². The number of H-pyrrole nitrogens is 2. The quantitative estimate of drug-likeness (QED) is 0.315. The third-order valence-electron chi connectivity index (χ3n) is 6.69. The van der Waals surface area contributed by atoms with Crippen LogP contribution >= 0.6 is 0 Å². The number of aromatic amines is 2. The maximum absolute atomic E-state index is 14.6. The molecule has 6 rings (SSSR count). The fraction of sp³-hybridized carbons (Fsp3) is 0.214. The summed E-state index contributed by atoms with van der Waals surface area (Å²) in [4.78, 5) is 19.1. The molecule has 5 heterocycles. The highest BCUT2D eigenvalue weighted by Crippen LogP contribution is 2.35. The Morgan fingerprint density at radius 2 is 1.82 bits per heavy atom. The molecule has 192 valence electrons. The van der Waals surface area contributed by atoms with Gasteiger partial charge in [-0.25, -0.2) is 9.37 Å². The number of pyridine rings is 2. The van der Waals surface area contributed by atoms with Crippen molar-refractivity contribution in [1.29, 1.82) is 0 Å². The van der Waals surface area contributed by atoms with Crippen LogP contribution in [0.3, 0.4) is 0 Å². The van der Waals surface area contributed by atoms with E-state index >= 15 is 0 Å². The summed E-state index contributed by atoms with van der Waals surface area (Å²) in [6.45, 7) is 3.15. The minimum absolute atomic E-state index is 0.374. The van der Waals surface area contributed by atoms with Gasteiger partial charge in [-0.15, -0.1) is 0 Å². The molecule has 10 heteroatoms. The summed E-state index contributed by atoms with van der Waals surface area (Å²) < 4.78 is 22.4. The highest BCUT2D eigenvalue weighted by atomic mass is 19.1. The number of aromatic nitrogens is 7. The van der Waals surface area contributed by atoms with Crippen LogP contribution in [0.5, 0.6) is 5.75 Å². The van der Waals surface area contributed by atoms with Crippen molar-refractivity contribution in [3.05, 3.63) is 66.6 Å². The van der Waals surface area contributed by atoms with E-state index in [1.807, 2.05) is 68.0 Å². The molecule has 0 spiro atoms. The molecule has 0 atom stereocenters. The zero-order valence-electron chi connectivity index (χ0n) is 21.6. The van der Waals surface area contributed by atoms with Crippen LogP contribution in [0.2, 0.25) is 0 Å². The standard InChI is InChI=1S/C28H27FN8O/c1-16-31-15-26(37(16)4)23-12-21-25(14-32-23)34-35-28(21)24-13-20-22(33-24)5-6-30-27(20)17-9-18(29)11-19(10-17)38-8-7-36(2)3/h5-6,9-15,33H,7-8H2,1-4H3,(H,34,35). The number of imidazole rings is 1. The number of aryl methyl sites for hydroxylation is 1. The highest BCUT2D eigenvalue weighted by molar-refractivity contribution is 6.00. The van der Waals surface area contributed by atoms with Gasteiger partial charge in [-0.3, -0.25) is 15.1 Å². The summed E-state index contributed by atoms with van der Waals surface area (Å²) in [6, 6.07) is 10.6. The third-order valence-corrected chi connectivity index (χ3v) is 6.69. The zero-order chi connectivity index (χ0) is 26.4. The van der Waals surface area contributed by atoms with Gasteiger partial charge in [0.15, 0.2) is 0 Å². The van der Waals surface area contributed by atoms with Crippen molar-refractivity contribution in [3.8, 4) is 39.8 Å². The van der Waals surface area contributed by atoms with Gasteiger partial charge < -0.3 is 19.2 Å². The molecule has 9 nitrogen and oxygen atoms in total. The van der Waals surface area contributed by atoms with Crippen LogP contribution in [0.25, 0.3) is 55.8 Å². The second-order valence-corrected chi connectivity index (χ2v) is 9.57. The molecule has 0 saturated heterocycles. The summed E-state index contributed by atoms with van der Waals surface area (Å²) in [5, 5.41) is 9.45. The first kappa shape index (κ1) is 23.8. The van der Waals surface area contributed by atoms with Gasteiger partial charge in [-0.2, -0.15) is 5.10 Å². The Morgan fingerprint density at radius 1 is 0.974 bits per heavy atom. The number of likely N-dealkylation sites (N-methyl/N-ethyl adjacent to an activating group) is 1. The van der Waals surface area contributed by atoms with E-state index in [9.17, 15) is 4.39 Å². The Kier molecular flexibility index (Phi) is 5.88. The van der Waals surface area contributed by atoms with Gasteiger partial charge in [0.05, 0.1) is 40.7 Å². The maximum atomic E-state index is 14.6. The SMILES string of the molecule is Cc1ncc(-c2cc3c(-c4cc5c(-c6cc(F)cc(OCCN(C)C)c6)nccc5[nH]4)n[nH]c3cn2)n1C. The molecule has 0 unspecified atom stereocenters. The van der Waals surface area contributed by atoms with E-state index in [2.05, 4.69) is 30.1 Å². The highest BCUT2D eigenvalue weighted by Gasteiger charge is 2.17. The van der Waals surface area contributed by atoms with Crippen LogP contribution in [0.15, 0.2) is 55.0 Å². The molecule has 6 aromatic rings. The Labute approximate surface area is 218 Å². The molecule has 0 aliphatic carbocycles. The van der Waals surface area contributed by atoms with Crippen molar-refractivity contribution < 1.29 is 9.13 Å². The van der Waals surface area contributed by atoms with Crippen LogP contribution in [0, 0.1) is 12.7 Å². The number of hydrogen-bond donors (Lipinski definition) is 2. The third kappa shape index (κ3) is 4.28. The van der Waals surface area contributed by atoms with Crippen molar-refractivity contribution in [2.24, 2.45) is 7.05 Å². The molecule has 1 aromatic carbocycles. The summed E-state index contributed by atoms with van der Waals surface area (Å²) >= 11 is 0. The average Bonchev–Trinajstić information content (AvgIpc) is 3.59. The minimum Gasteiger partial charge on any atom is -0.492 e. The van der Waals surface area contributed by atoms with Crippen LogP contribution in [-0.2, 0) is 7.05 Å².